The first-order valence-corrected chi connectivity index (χ1v) is 8.01. The summed E-state index contributed by atoms with van der Waals surface area (Å²) in [4.78, 5) is 41.6. The Balaban J connectivity index is 1.67. The number of benzene rings is 1. The van der Waals surface area contributed by atoms with Gasteiger partial charge in [-0.2, -0.15) is 0 Å². The van der Waals surface area contributed by atoms with Crippen LogP contribution in [0.5, 0.6) is 0 Å². The molecular formula is C17H19N3O4. The Morgan fingerprint density at radius 2 is 2.08 bits per heavy atom. The first-order valence-electron chi connectivity index (χ1n) is 8.01. The van der Waals surface area contributed by atoms with E-state index in [1.807, 2.05) is 6.07 Å². The number of hydrogen-bond acceptors (Lipinski definition) is 4. The molecule has 1 amide bonds. The summed E-state index contributed by atoms with van der Waals surface area (Å²) >= 11 is 0. The Morgan fingerprint density at radius 1 is 1.29 bits per heavy atom. The van der Waals surface area contributed by atoms with Crippen LogP contribution in [0.4, 0.5) is 0 Å². The summed E-state index contributed by atoms with van der Waals surface area (Å²) in [5.74, 6) is -1.48. The first kappa shape index (κ1) is 16.2. The van der Waals surface area contributed by atoms with E-state index in [9.17, 15) is 14.4 Å². The molecule has 1 aromatic heterocycles. The lowest BCUT2D eigenvalue weighted by atomic mass is 9.98. The first-order chi connectivity index (χ1) is 11.6. The van der Waals surface area contributed by atoms with Crippen LogP contribution >= 0.6 is 0 Å². The second-order valence-electron chi connectivity index (χ2n) is 6.03. The standard InChI is InChI=1S/C17H19N3O4/c21-15(19-8-3-4-12(10-19)17(23)24)7-9-20-11-18-14-6-2-1-5-13(14)16(20)22/h1-2,5-6,11-12H,3-4,7-10H2,(H,23,24)/t12-/m0/s1. The predicted molar refractivity (Wildman–Crippen MR) is 87.6 cm³/mol. The van der Waals surface area contributed by atoms with Gasteiger partial charge in [0.1, 0.15) is 0 Å². The van der Waals surface area contributed by atoms with E-state index in [4.69, 9.17) is 5.11 Å². The van der Waals surface area contributed by atoms with E-state index in [-0.39, 0.29) is 31.0 Å². The van der Waals surface area contributed by atoms with Crippen molar-refractivity contribution >= 4 is 22.8 Å². The lowest BCUT2D eigenvalue weighted by Crippen LogP contribution is -2.42. The van der Waals surface area contributed by atoms with Crippen LogP contribution in [-0.4, -0.2) is 44.5 Å². The van der Waals surface area contributed by atoms with Gasteiger partial charge in [0.15, 0.2) is 0 Å². The molecule has 0 bridgehead atoms. The molecule has 1 aromatic carbocycles. The number of aryl methyl sites for hydroxylation is 1. The number of rotatable bonds is 4. The highest BCUT2D eigenvalue weighted by Gasteiger charge is 2.27. The Hall–Kier alpha value is -2.70. The summed E-state index contributed by atoms with van der Waals surface area (Å²) < 4.78 is 1.43. The maximum Gasteiger partial charge on any atom is 0.308 e. The summed E-state index contributed by atoms with van der Waals surface area (Å²) in [5, 5.41) is 9.62. The fourth-order valence-electron chi connectivity index (χ4n) is 3.04. The van der Waals surface area contributed by atoms with Gasteiger partial charge < -0.3 is 10.0 Å². The second-order valence-corrected chi connectivity index (χ2v) is 6.03. The molecule has 1 fully saturated rings. The largest absolute Gasteiger partial charge is 0.481 e. The van der Waals surface area contributed by atoms with Crippen molar-refractivity contribution < 1.29 is 14.7 Å². The van der Waals surface area contributed by atoms with Crippen LogP contribution < -0.4 is 5.56 Å². The van der Waals surface area contributed by atoms with Crippen molar-refractivity contribution in [2.75, 3.05) is 13.1 Å². The van der Waals surface area contributed by atoms with Crippen molar-refractivity contribution in [2.24, 2.45) is 5.92 Å². The van der Waals surface area contributed by atoms with Crippen molar-refractivity contribution in [3.05, 3.63) is 40.9 Å². The number of carboxylic acids is 1. The number of carbonyl (C=O) groups excluding carboxylic acids is 1. The molecule has 2 aromatic rings. The van der Waals surface area contributed by atoms with E-state index in [0.717, 1.165) is 0 Å². The van der Waals surface area contributed by atoms with Crippen molar-refractivity contribution in [2.45, 2.75) is 25.8 Å². The number of aromatic nitrogens is 2. The molecule has 0 aliphatic carbocycles. The van der Waals surface area contributed by atoms with Crippen LogP contribution in [-0.2, 0) is 16.1 Å². The summed E-state index contributed by atoms with van der Waals surface area (Å²) in [6.07, 6.45) is 2.91. The quantitative estimate of drug-likeness (QED) is 0.907. The predicted octanol–water partition coefficient (Wildman–Crippen LogP) is 1.11. The molecule has 7 nitrogen and oxygen atoms in total. The molecule has 126 valence electrons. The molecule has 1 aliphatic heterocycles. The highest BCUT2D eigenvalue weighted by molar-refractivity contribution is 5.78. The number of hydrogen-bond donors (Lipinski definition) is 1. The van der Waals surface area contributed by atoms with Crippen molar-refractivity contribution in [1.29, 1.82) is 0 Å². The third kappa shape index (κ3) is 3.29. The van der Waals surface area contributed by atoms with Crippen molar-refractivity contribution in [3.63, 3.8) is 0 Å². The molecule has 0 unspecified atom stereocenters. The van der Waals surface area contributed by atoms with Gasteiger partial charge in [0.2, 0.25) is 5.91 Å². The molecule has 3 rings (SSSR count). The Bertz CT molecular complexity index is 830. The van der Waals surface area contributed by atoms with Crippen LogP contribution in [0.1, 0.15) is 19.3 Å². The number of piperidine rings is 1. The number of carbonyl (C=O) groups is 2. The minimum Gasteiger partial charge on any atom is -0.481 e. The minimum atomic E-state index is -0.859. The van der Waals surface area contributed by atoms with Crippen molar-refractivity contribution in [1.82, 2.24) is 14.5 Å². The van der Waals surface area contributed by atoms with Crippen LogP contribution in [0.25, 0.3) is 10.9 Å². The lowest BCUT2D eigenvalue weighted by molar-refractivity contribution is -0.145. The van der Waals surface area contributed by atoms with E-state index in [1.165, 1.54) is 10.9 Å². The highest BCUT2D eigenvalue weighted by atomic mass is 16.4. The van der Waals surface area contributed by atoms with E-state index in [1.54, 1.807) is 23.1 Å². The maximum absolute atomic E-state index is 12.4. The third-order valence-electron chi connectivity index (χ3n) is 4.42. The molecule has 1 atom stereocenters. The van der Waals surface area contributed by atoms with E-state index < -0.39 is 11.9 Å². The summed E-state index contributed by atoms with van der Waals surface area (Å²) in [7, 11) is 0. The third-order valence-corrected chi connectivity index (χ3v) is 4.42. The molecule has 1 N–H and O–H groups in total. The number of fused-ring (bicyclic) bond motifs is 1. The van der Waals surface area contributed by atoms with Gasteiger partial charge >= 0.3 is 5.97 Å². The fourth-order valence-corrected chi connectivity index (χ4v) is 3.04. The summed E-state index contributed by atoms with van der Waals surface area (Å²) in [5.41, 5.74) is 0.459. The minimum absolute atomic E-state index is 0.124. The normalized spacial score (nSPS) is 17.8. The Labute approximate surface area is 138 Å². The zero-order chi connectivity index (χ0) is 17.1. The molecular weight excluding hydrogens is 310 g/mol. The second kappa shape index (κ2) is 6.82. The van der Waals surface area contributed by atoms with E-state index in [0.29, 0.717) is 30.3 Å². The van der Waals surface area contributed by atoms with Gasteiger partial charge in [-0.3, -0.25) is 19.0 Å². The van der Waals surface area contributed by atoms with Gasteiger partial charge in [0, 0.05) is 26.1 Å². The number of carboxylic acid groups (broad SMARTS) is 1. The molecule has 2 heterocycles. The van der Waals surface area contributed by atoms with Gasteiger partial charge in [-0.15, -0.1) is 0 Å². The number of amides is 1. The average Bonchev–Trinajstić information content (AvgIpc) is 2.61. The monoisotopic (exact) mass is 329 g/mol. The molecule has 0 radical (unpaired) electrons. The van der Waals surface area contributed by atoms with Gasteiger partial charge in [0.25, 0.3) is 5.56 Å². The topological polar surface area (TPSA) is 92.5 Å². The fraction of sp³-hybridized carbons (Fsp3) is 0.412. The van der Waals surface area contributed by atoms with Gasteiger partial charge in [-0.25, -0.2) is 4.98 Å². The number of aliphatic carboxylic acids is 1. The van der Waals surface area contributed by atoms with Crippen molar-refractivity contribution in [3.8, 4) is 0 Å². The lowest BCUT2D eigenvalue weighted by Gasteiger charge is -2.30. The van der Waals surface area contributed by atoms with Crippen LogP contribution in [0, 0.1) is 5.92 Å². The van der Waals surface area contributed by atoms with Gasteiger partial charge in [0.05, 0.1) is 23.1 Å². The molecule has 7 heteroatoms. The average molecular weight is 329 g/mol. The zero-order valence-electron chi connectivity index (χ0n) is 13.2. The number of para-hydroxylation sites is 1. The van der Waals surface area contributed by atoms with E-state index >= 15 is 0 Å². The SMILES string of the molecule is O=C(O)[C@H]1CCCN(C(=O)CCn2cnc3ccccc3c2=O)C1. The Kier molecular flexibility index (Phi) is 4.59. The van der Waals surface area contributed by atoms with Gasteiger partial charge in [-0.1, -0.05) is 12.1 Å². The molecule has 24 heavy (non-hydrogen) atoms. The summed E-state index contributed by atoms with van der Waals surface area (Å²) in [6.45, 7) is 1.07. The highest BCUT2D eigenvalue weighted by Crippen LogP contribution is 2.17. The molecule has 0 saturated carbocycles. The van der Waals surface area contributed by atoms with Gasteiger partial charge in [-0.05, 0) is 25.0 Å². The van der Waals surface area contributed by atoms with E-state index in [2.05, 4.69) is 4.98 Å². The molecule has 0 spiro atoms. The molecule has 1 saturated heterocycles. The van der Waals surface area contributed by atoms with Crippen LogP contribution in [0.15, 0.2) is 35.4 Å². The summed E-state index contributed by atoms with van der Waals surface area (Å²) in [6, 6.07) is 7.08. The van der Waals surface area contributed by atoms with Crippen LogP contribution in [0.3, 0.4) is 0 Å². The Morgan fingerprint density at radius 3 is 2.88 bits per heavy atom. The smallest absolute Gasteiger partial charge is 0.308 e. The van der Waals surface area contributed by atoms with Crippen LogP contribution in [0.2, 0.25) is 0 Å². The number of likely N-dealkylation sites (tertiary alicyclic amines) is 1. The number of nitrogens with zero attached hydrogens (tertiary/aromatic N) is 3. The zero-order valence-corrected chi connectivity index (χ0v) is 13.2. The molecule has 1 aliphatic rings. The maximum atomic E-state index is 12.4.